The largest absolute Gasteiger partial charge is 0.330 e. The van der Waals surface area contributed by atoms with Gasteiger partial charge in [0, 0.05) is 18.2 Å². The van der Waals surface area contributed by atoms with Crippen LogP contribution in [0.4, 0.5) is 4.39 Å². The molecule has 0 radical (unpaired) electrons. The first-order valence-corrected chi connectivity index (χ1v) is 7.82. The van der Waals surface area contributed by atoms with Crippen LogP contribution in [-0.2, 0) is 6.54 Å². The summed E-state index contributed by atoms with van der Waals surface area (Å²) in [6.07, 6.45) is 4.80. The number of hydrogen-bond acceptors (Lipinski definition) is 3. The second-order valence-corrected chi connectivity index (χ2v) is 5.83. The first kappa shape index (κ1) is 15.9. The third-order valence-corrected chi connectivity index (χ3v) is 4.60. The van der Waals surface area contributed by atoms with E-state index in [1.165, 1.54) is 25.3 Å². The first-order valence-electron chi connectivity index (χ1n) is 7.82. The summed E-state index contributed by atoms with van der Waals surface area (Å²) in [5.74, 6) is 0.229. The van der Waals surface area contributed by atoms with E-state index in [1.54, 1.807) is 12.1 Å². The summed E-state index contributed by atoms with van der Waals surface area (Å²) in [6.45, 7) is 4.30. The molecule has 0 heterocycles. The summed E-state index contributed by atoms with van der Waals surface area (Å²) < 4.78 is 14.1. The molecule has 2 N–H and O–H groups in total. The number of nitrogens with two attached hydrogens (primary N) is 1. The molecule has 1 aromatic rings. The van der Waals surface area contributed by atoms with Crippen LogP contribution in [0.3, 0.4) is 0 Å². The minimum Gasteiger partial charge on any atom is -0.330 e. The Morgan fingerprint density at radius 3 is 2.76 bits per heavy atom. The summed E-state index contributed by atoms with van der Waals surface area (Å²) >= 11 is 0. The van der Waals surface area contributed by atoms with E-state index in [2.05, 4.69) is 11.8 Å². The number of rotatable bonds is 5. The normalized spacial score (nSPS) is 22.2. The number of benzene rings is 1. The minimum atomic E-state index is -0.285. The van der Waals surface area contributed by atoms with E-state index < -0.39 is 0 Å². The molecule has 114 valence electrons. The lowest BCUT2D eigenvalue weighted by atomic mass is 9.83. The van der Waals surface area contributed by atoms with Crippen LogP contribution in [0, 0.1) is 23.1 Å². The van der Waals surface area contributed by atoms with Gasteiger partial charge in [0.05, 0.1) is 11.6 Å². The summed E-state index contributed by atoms with van der Waals surface area (Å²) in [5.41, 5.74) is 6.95. The topological polar surface area (TPSA) is 53.0 Å². The molecule has 1 aliphatic rings. The lowest BCUT2D eigenvalue weighted by Gasteiger charge is -2.39. The minimum absolute atomic E-state index is 0.285. The van der Waals surface area contributed by atoms with E-state index >= 15 is 0 Å². The molecule has 2 atom stereocenters. The van der Waals surface area contributed by atoms with Crippen LogP contribution in [0.1, 0.15) is 43.7 Å². The van der Waals surface area contributed by atoms with Crippen LogP contribution in [-0.4, -0.2) is 24.0 Å². The zero-order valence-corrected chi connectivity index (χ0v) is 12.7. The van der Waals surface area contributed by atoms with Gasteiger partial charge in [0.25, 0.3) is 0 Å². The zero-order chi connectivity index (χ0) is 15.2. The van der Waals surface area contributed by atoms with Crippen molar-refractivity contribution in [3.63, 3.8) is 0 Å². The molecule has 2 unspecified atom stereocenters. The van der Waals surface area contributed by atoms with Gasteiger partial charge in [-0.25, -0.2) is 4.39 Å². The maximum atomic E-state index is 14.1. The summed E-state index contributed by atoms with van der Waals surface area (Å²) in [6, 6.07) is 7.16. The highest BCUT2D eigenvalue weighted by Gasteiger charge is 2.28. The molecule has 0 aromatic heterocycles. The highest BCUT2D eigenvalue weighted by atomic mass is 19.1. The van der Waals surface area contributed by atoms with Crippen molar-refractivity contribution in [2.75, 3.05) is 13.1 Å². The highest BCUT2D eigenvalue weighted by Crippen LogP contribution is 2.29. The van der Waals surface area contributed by atoms with Gasteiger partial charge in [-0.2, -0.15) is 5.26 Å². The van der Waals surface area contributed by atoms with Crippen LogP contribution in [0.5, 0.6) is 0 Å². The molecule has 1 fully saturated rings. The molecule has 4 heteroatoms. The van der Waals surface area contributed by atoms with Crippen LogP contribution >= 0.6 is 0 Å². The molecule has 1 aliphatic carbocycles. The second-order valence-electron chi connectivity index (χ2n) is 5.83. The highest BCUT2D eigenvalue weighted by molar-refractivity contribution is 5.32. The van der Waals surface area contributed by atoms with Gasteiger partial charge in [-0.1, -0.05) is 25.8 Å². The molecule has 0 spiro atoms. The first-order chi connectivity index (χ1) is 10.2. The van der Waals surface area contributed by atoms with Gasteiger partial charge in [0.2, 0.25) is 0 Å². The predicted octanol–water partition coefficient (Wildman–Crippen LogP) is 3.04. The van der Waals surface area contributed by atoms with Crippen molar-refractivity contribution in [1.29, 1.82) is 5.26 Å². The average molecular weight is 289 g/mol. The predicted molar refractivity (Wildman–Crippen MR) is 82.0 cm³/mol. The van der Waals surface area contributed by atoms with E-state index in [0.29, 0.717) is 36.2 Å². The van der Waals surface area contributed by atoms with Crippen LogP contribution in [0.15, 0.2) is 18.2 Å². The van der Waals surface area contributed by atoms with Crippen LogP contribution in [0.2, 0.25) is 0 Å². The quantitative estimate of drug-likeness (QED) is 0.906. The van der Waals surface area contributed by atoms with Gasteiger partial charge in [0.1, 0.15) is 5.82 Å². The monoisotopic (exact) mass is 289 g/mol. The molecule has 0 bridgehead atoms. The fourth-order valence-corrected chi connectivity index (χ4v) is 3.37. The van der Waals surface area contributed by atoms with Gasteiger partial charge >= 0.3 is 0 Å². The maximum absolute atomic E-state index is 14.1. The zero-order valence-electron chi connectivity index (χ0n) is 12.7. The van der Waals surface area contributed by atoms with Crippen molar-refractivity contribution in [2.24, 2.45) is 11.7 Å². The van der Waals surface area contributed by atoms with Crippen molar-refractivity contribution in [2.45, 2.75) is 45.2 Å². The van der Waals surface area contributed by atoms with Gasteiger partial charge in [-0.3, -0.25) is 4.90 Å². The molecular weight excluding hydrogens is 265 g/mol. The fourth-order valence-electron chi connectivity index (χ4n) is 3.37. The Kier molecular flexibility index (Phi) is 5.72. The van der Waals surface area contributed by atoms with Gasteiger partial charge in [-0.05, 0) is 44.0 Å². The van der Waals surface area contributed by atoms with Gasteiger partial charge < -0.3 is 5.73 Å². The molecule has 2 rings (SSSR count). The smallest absolute Gasteiger partial charge is 0.129 e. The molecule has 21 heavy (non-hydrogen) atoms. The molecule has 1 aromatic carbocycles. The van der Waals surface area contributed by atoms with E-state index in [4.69, 9.17) is 11.0 Å². The van der Waals surface area contributed by atoms with Crippen molar-refractivity contribution in [3.05, 3.63) is 35.1 Å². The maximum Gasteiger partial charge on any atom is 0.129 e. The fraction of sp³-hybridized carbons (Fsp3) is 0.588. The lowest BCUT2D eigenvalue weighted by Crippen LogP contribution is -2.44. The molecule has 3 nitrogen and oxygen atoms in total. The molecule has 0 aliphatic heterocycles. The summed E-state index contributed by atoms with van der Waals surface area (Å²) in [4.78, 5) is 2.33. The van der Waals surface area contributed by atoms with Crippen LogP contribution < -0.4 is 5.73 Å². The number of halogens is 1. The Labute approximate surface area is 126 Å². The number of hydrogen-bond donors (Lipinski definition) is 1. The van der Waals surface area contributed by atoms with Gasteiger partial charge in [0.15, 0.2) is 0 Å². The second kappa shape index (κ2) is 7.53. The molecule has 0 saturated heterocycles. The Hall–Kier alpha value is -1.44. The van der Waals surface area contributed by atoms with Crippen molar-refractivity contribution in [3.8, 4) is 6.07 Å². The van der Waals surface area contributed by atoms with Crippen molar-refractivity contribution < 1.29 is 4.39 Å². The number of nitriles is 1. The van der Waals surface area contributed by atoms with Crippen molar-refractivity contribution >= 4 is 0 Å². The van der Waals surface area contributed by atoms with E-state index in [9.17, 15) is 4.39 Å². The van der Waals surface area contributed by atoms with E-state index in [0.717, 1.165) is 13.0 Å². The average Bonchev–Trinajstić information content (AvgIpc) is 2.53. The molecule has 0 amide bonds. The lowest BCUT2D eigenvalue weighted by molar-refractivity contribution is 0.104. The van der Waals surface area contributed by atoms with Crippen molar-refractivity contribution in [1.82, 2.24) is 4.90 Å². The Morgan fingerprint density at radius 1 is 1.38 bits per heavy atom. The summed E-state index contributed by atoms with van der Waals surface area (Å²) in [5, 5.41) is 8.81. The standard InChI is InChI=1S/C17H24FN3/c1-2-21(17-6-4-3-5-14(17)11-20)12-15-8-7-13(10-19)9-16(15)18/h7-9,14,17H,2-6,11-12,20H2,1H3. The Morgan fingerprint density at radius 2 is 2.14 bits per heavy atom. The summed E-state index contributed by atoms with van der Waals surface area (Å²) in [7, 11) is 0. The third kappa shape index (κ3) is 3.81. The molecule has 1 saturated carbocycles. The Balaban J connectivity index is 2.13. The van der Waals surface area contributed by atoms with Gasteiger partial charge in [-0.15, -0.1) is 0 Å². The number of nitrogens with zero attached hydrogens (tertiary/aromatic N) is 2. The molecular formula is C17H24FN3. The SMILES string of the molecule is CCN(Cc1ccc(C#N)cc1F)C1CCCCC1CN. The van der Waals surface area contributed by atoms with Crippen LogP contribution in [0.25, 0.3) is 0 Å². The third-order valence-electron chi connectivity index (χ3n) is 4.60. The Bertz CT molecular complexity index is 509. The van der Waals surface area contributed by atoms with E-state index in [1.807, 2.05) is 6.07 Å². The van der Waals surface area contributed by atoms with E-state index in [-0.39, 0.29) is 5.82 Å².